The first kappa shape index (κ1) is 14.8. The van der Waals surface area contributed by atoms with Crippen molar-refractivity contribution in [2.75, 3.05) is 5.73 Å². The van der Waals surface area contributed by atoms with Gasteiger partial charge in [0.2, 0.25) is 5.88 Å². The molecule has 20 heavy (non-hydrogen) atoms. The zero-order valence-electron chi connectivity index (χ0n) is 10.8. The van der Waals surface area contributed by atoms with Crippen LogP contribution in [0.1, 0.15) is 25.3 Å². The molecular formula is C13H12Cl2FN3O. The Bertz CT molecular complexity index is 627. The Labute approximate surface area is 125 Å². The molecule has 0 spiro atoms. The molecule has 0 bridgehead atoms. The molecule has 0 aliphatic carbocycles. The molecule has 1 aromatic heterocycles. The predicted octanol–water partition coefficient (Wildman–Crippen LogP) is 4.42. The number of nitrogens with zero attached hydrogens (tertiary/aromatic N) is 2. The quantitative estimate of drug-likeness (QED) is 0.852. The molecule has 2 N–H and O–H groups in total. The molecule has 0 amide bonds. The molecule has 0 atom stereocenters. The van der Waals surface area contributed by atoms with E-state index in [0.717, 1.165) is 11.6 Å². The summed E-state index contributed by atoms with van der Waals surface area (Å²) >= 11 is 11.8. The second-order valence-corrected chi connectivity index (χ2v) is 5.26. The maximum atomic E-state index is 13.8. The maximum Gasteiger partial charge on any atom is 0.239 e. The largest absolute Gasteiger partial charge is 0.433 e. The molecular weight excluding hydrogens is 304 g/mol. The molecule has 7 heteroatoms. The van der Waals surface area contributed by atoms with Gasteiger partial charge in [-0.1, -0.05) is 37.0 Å². The minimum Gasteiger partial charge on any atom is -0.433 e. The lowest BCUT2D eigenvalue weighted by Crippen LogP contribution is -1.99. The van der Waals surface area contributed by atoms with Gasteiger partial charge in [-0.3, -0.25) is 0 Å². The fourth-order valence-corrected chi connectivity index (χ4v) is 2.17. The number of nitrogens with two attached hydrogens (primary N) is 1. The van der Waals surface area contributed by atoms with Crippen LogP contribution in [0.2, 0.25) is 10.2 Å². The van der Waals surface area contributed by atoms with Crippen molar-refractivity contribution in [1.82, 2.24) is 10.2 Å². The van der Waals surface area contributed by atoms with Gasteiger partial charge in [0, 0.05) is 17.8 Å². The summed E-state index contributed by atoms with van der Waals surface area (Å²) in [4.78, 5) is 0. The molecule has 0 radical (unpaired) electrons. The van der Waals surface area contributed by atoms with Crippen LogP contribution in [0.15, 0.2) is 18.2 Å². The third kappa shape index (κ3) is 3.11. The maximum absolute atomic E-state index is 13.8. The van der Waals surface area contributed by atoms with Gasteiger partial charge in [-0.2, -0.15) is 0 Å². The highest BCUT2D eigenvalue weighted by atomic mass is 35.5. The topological polar surface area (TPSA) is 61.0 Å². The van der Waals surface area contributed by atoms with Gasteiger partial charge in [0.05, 0.1) is 5.02 Å². The number of rotatable bonds is 3. The molecule has 106 valence electrons. The van der Waals surface area contributed by atoms with Crippen LogP contribution >= 0.6 is 23.2 Å². The van der Waals surface area contributed by atoms with Crippen LogP contribution in [-0.4, -0.2) is 10.2 Å². The summed E-state index contributed by atoms with van der Waals surface area (Å²) in [6.07, 6.45) is 0. The van der Waals surface area contributed by atoms with Crippen LogP contribution in [0.4, 0.5) is 10.1 Å². The summed E-state index contributed by atoms with van der Waals surface area (Å²) in [5, 5.41) is 7.88. The Balaban J connectivity index is 2.38. The van der Waals surface area contributed by atoms with Gasteiger partial charge in [0.1, 0.15) is 0 Å². The number of hydrogen-bond donors (Lipinski definition) is 1. The van der Waals surface area contributed by atoms with Gasteiger partial charge < -0.3 is 10.5 Å². The predicted molar refractivity (Wildman–Crippen MR) is 77.0 cm³/mol. The van der Waals surface area contributed by atoms with E-state index in [0.29, 0.717) is 0 Å². The summed E-state index contributed by atoms with van der Waals surface area (Å²) in [6.45, 7) is 3.90. The van der Waals surface area contributed by atoms with Gasteiger partial charge in [0.15, 0.2) is 16.7 Å². The van der Waals surface area contributed by atoms with Crippen LogP contribution in [0.5, 0.6) is 11.6 Å². The number of aromatic nitrogens is 2. The lowest BCUT2D eigenvalue weighted by atomic mass is 10.1. The van der Waals surface area contributed by atoms with Gasteiger partial charge in [0.25, 0.3) is 0 Å². The third-order valence-corrected chi connectivity index (χ3v) is 3.18. The van der Waals surface area contributed by atoms with Crippen molar-refractivity contribution in [2.45, 2.75) is 19.8 Å². The van der Waals surface area contributed by atoms with E-state index in [1.165, 1.54) is 6.07 Å². The molecule has 0 fully saturated rings. The summed E-state index contributed by atoms with van der Waals surface area (Å²) < 4.78 is 19.1. The fraction of sp³-hybridized carbons (Fsp3) is 0.231. The second kappa shape index (κ2) is 5.81. The fourth-order valence-electron chi connectivity index (χ4n) is 1.61. The average molecular weight is 316 g/mol. The highest BCUT2D eigenvalue weighted by Gasteiger charge is 2.15. The van der Waals surface area contributed by atoms with Gasteiger partial charge in [-0.25, -0.2) is 4.39 Å². The Morgan fingerprint density at radius 2 is 1.90 bits per heavy atom. The van der Waals surface area contributed by atoms with Crippen molar-refractivity contribution in [3.63, 3.8) is 0 Å². The van der Waals surface area contributed by atoms with E-state index in [-0.39, 0.29) is 33.4 Å². The first-order valence-electron chi connectivity index (χ1n) is 5.84. The molecule has 1 heterocycles. The number of anilines is 1. The van der Waals surface area contributed by atoms with E-state index in [1.807, 2.05) is 13.8 Å². The minimum atomic E-state index is -0.669. The van der Waals surface area contributed by atoms with Gasteiger partial charge in [-0.05, 0) is 17.5 Å². The van der Waals surface area contributed by atoms with E-state index in [9.17, 15) is 4.39 Å². The molecule has 0 unspecified atom stereocenters. The minimum absolute atomic E-state index is 0.0605. The van der Waals surface area contributed by atoms with Crippen molar-refractivity contribution in [3.05, 3.63) is 39.8 Å². The number of nitrogen functional groups attached to an aromatic ring is 1. The molecule has 2 rings (SSSR count). The second-order valence-electron chi connectivity index (χ2n) is 4.50. The Morgan fingerprint density at radius 1 is 1.20 bits per heavy atom. The van der Waals surface area contributed by atoms with Crippen LogP contribution in [0.25, 0.3) is 0 Å². The Kier molecular flexibility index (Phi) is 4.30. The van der Waals surface area contributed by atoms with E-state index in [4.69, 9.17) is 33.7 Å². The first-order valence-corrected chi connectivity index (χ1v) is 6.59. The summed E-state index contributed by atoms with van der Waals surface area (Å²) in [6, 6.07) is 4.12. The van der Waals surface area contributed by atoms with Crippen LogP contribution < -0.4 is 10.5 Å². The van der Waals surface area contributed by atoms with Crippen LogP contribution in [-0.2, 0) is 0 Å². The molecule has 0 saturated carbocycles. The highest BCUT2D eigenvalue weighted by molar-refractivity contribution is 6.32. The van der Waals surface area contributed by atoms with E-state index in [2.05, 4.69) is 10.2 Å². The molecule has 1 aromatic carbocycles. The van der Waals surface area contributed by atoms with Crippen molar-refractivity contribution in [1.29, 1.82) is 0 Å². The van der Waals surface area contributed by atoms with Crippen molar-refractivity contribution in [2.24, 2.45) is 0 Å². The summed E-state index contributed by atoms with van der Waals surface area (Å²) in [5.41, 5.74) is 6.45. The Hall–Kier alpha value is -1.59. The van der Waals surface area contributed by atoms with Gasteiger partial charge >= 0.3 is 0 Å². The van der Waals surface area contributed by atoms with Crippen molar-refractivity contribution >= 4 is 28.9 Å². The van der Waals surface area contributed by atoms with Gasteiger partial charge in [-0.15, -0.1) is 10.2 Å². The zero-order chi connectivity index (χ0) is 14.9. The molecule has 2 aromatic rings. The van der Waals surface area contributed by atoms with E-state index < -0.39 is 5.82 Å². The van der Waals surface area contributed by atoms with E-state index >= 15 is 0 Å². The molecule has 0 aliphatic rings. The number of halogens is 3. The van der Waals surface area contributed by atoms with Crippen molar-refractivity contribution < 1.29 is 9.13 Å². The third-order valence-electron chi connectivity index (χ3n) is 2.60. The Morgan fingerprint density at radius 3 is 2.50 bits per heavy atom. The molecule has 0 saturated heterocycles. The number of hydrogen-bond acceptors (Lipinski definition) is 4. The zero-order valence-corrected chi connectivity index (χ0v) is 12.3. The smallest absolute Gasteiger partial charge is 0.239 e. The molecule has 0 aliphatic heterocycles. The normalized spacial score (nSPS) is 10.9. The van der Waals surface area contributed by atoms with Crippen LogP contribution in [0, 0.1) is 5.82 Å². The van der Waals surface area contributed by atoms with Crippen molar-refractivity contribution in [3.8, 4) is 11.6 Å². The highest BCUT2D eigenvalue weighted by Crippen LogP contribution is 2.34. The van der Waals surface area contributed by atoms with Crippen LogP contribution in [0.3, 0.4) is 0 Å². The lowest BCUT2D eigenvalue weighted by Gasteiger charge is -2.11. The lowest BCUT2D eigenvalue weighted by molar-refractivity contribution is 0.421. The SMILES string of the molecule is CC(C)c1cc(Oc2c(F)cc(N)cc2Cl)nnc1Cl. The molecule has 4 nitrogen and oxygen atoms in total. The summed E-state index contributed by atoms with van der Waals surface area (Å²) in [7, 11) is 0. The number of ether oxygens (including phenoxy) is 1. The van der Waals surface area contributed by atoms with E-state index in [1.54, 1.807) is 6.07 Å². The number of benzene rings is 1. The summed E-state index contributed by atoms with van der Waals surface area (Å²) in [5.74, 6) is -0.569. The standard InChI is InChI=1S/C13H12Cl2FN3O/c1-6(2)8-5-11(18-19-13(8)15)20-12-9(14)3-7(17)4-10(12)16/h3-6H,17H2,1-2H3. The monoisotopic (exact) mass is 315 g/mol. The average Bonchev–Trinajstić information content (AvgIpc) is 2.35. The first-order chi connectivity index (χ1) is 9.38.